The lowest BCUT2D eigenvalue weighted by molar-refractivity contribution is -0.128. The SMILES string of the molecule is CC(C)c1occc1C(=O)N[C@@H]1COCC[C@@H]1NC(=O)C1(C2CC2)CC1. The fourth-order valence-corrected chi connectivity index (χ4v) is 4.16. The quantitative estimate of drug-likeness (QED) is 0.817. The van der Waals surface area contributed by atoms with E-state index in [9.17, 15) is 9.59 Å². The monoisotopic (exact) mass is 360 g/mol. The van der Waals surface area contributed by atoms with Crippen LogP contribution in [-0.2, 0) is 9.53 Å². The summed E-state index contributed by atoms with van der Waals surface area (Å²) in [6.45, 7) is 5.02. The van der Waals surface area contributed by atoms with Gasteiger partial charge < -0.3 is 19.8 Å². The molecule has 26 heavy (non-hydrogen) atoms. The molecular formula is C20H28N2O4. The van der Waals surface area contributed by atoms with Crippen molar-refractivity contribution in [1.82, 2.24) is 10.6 Å². The van der Waals surface area contributed by atoms with Crippen LogP contribution in [0.1, 0.15) is 68.0 Å². The van der Waals surface area contributed by atoms with Crippen LogP contribution in [0.25, 0.3) is 0 Å². The van der Waals surface area contributed by atoms with Gasteiger partial charge in [-0.05, 0) is 44.1 Å². The second kappa shape index (κ2) is 6.72. The molecule has 2 aliphatic carbocycles. The molecule has 6 heteroatoms. The maximum Gasteiger partial charge on any atom is 0.255 e. The zero-order valence-electron chi connectivity index (χ0n) is 15.5. The Labute approximate surface area is 154 Å². The van der Waals surface area contributed by atoms with Gasteiger partial charge in [-0.1, -0.05) is 13.8 Å². The van der Waals surface area contributed by atoms with E-state index in [1.54, 1.807) is 12.3 Å². The van der Waals surface area contributed by atoms with Gasteiger partial charge in [0.25, 0.3) is 5.91 Å². The van der Waals surface area contributed by atoms with Crippen LogP contribution >= 0.6 is 0 Å². The molecule has 2 amide bonds. The van der Waals surface area contributed by atoms with Gasteiger partial charge in [-0.2, -0.15) is 0 Å². The highest BCUT2D eigenvalue weighted by atomic mass is 16.5. The summed E-state index contributed by atoms with van der Waals surface area (Å²) in [6, 6.07) is 1.41. The van der Waals surface area contributed by atoms with Gasteiger partial charge in [0.05, 0.1) is 35.9 Å². The van der Waals surface area contributed by atoms with Crippen LogP contribution < -0.4 is 10.6 Å². The summed E-state index contributed by atoms with van der Waals surface area (Å²) in [7, 11) is 0. The molecule has 1 aromatic heterocycles. The summed E-state index contributed by atoms with van der Waals surface area (Å²) in [5.41, 5.74) is 0.453. The lowest BCUT2D eigenvalue weighted by Crippen LogP contribution is -2.57. The molecule has 2 heterocycles. The van der Waals surface area contributed by atoms with E-state index in [4.69, 9.17) is 9.15 Å². The van der Waals surface area contributed by atoms with Gasteiger partial charge in [-0.15, -0.1) is 0 Å². The van der Waals surface area contributed by atoms with E-state index in [0.29, 0.717) is 30.5 Å². The molecule has 3 aliphatic rings. The zero-order chi connectivity index (χ0) is 18.3. The molecular weight excluding hydrogens is 332 g/mol. The minimum Gasteiger partial charge on any atom is -0.468 e. The second-order valence-electron chi connectivity index (χ2n) is 8.31. The topological polar surface area (TPSA) is 80.6 Å². The normalized spacial score (nSPS) is 27.2. The summed E-state index contributed by atoms with van der Waals surface area (Å²) in [6.07, 6.45) is 6.65. The molecule has 2 atom stereocenters. The number of ether oxygens (including phenoxy) is 1. The molecule has 0 spiro atoms. The van der Waals surface area contributed by atoms with Crippen LogP contribution in [0.4, 0.5) is 0 Å². The average Bonchev–Trinajstić information content (AvgIpc) is 3.52. The van der Waals surface area contributed by atoms with Gasteiger partial charge in [0.1, 0.15) is 5.76 Å². The Balaban J connectivity index is 1.41. The van der Waals surface area contributed by atoms with Crippen molar-refractivity contribution in [3.8, 4) is 0 Å². The van der Waals surface area contributed by atoms with Crippen LogP contribution in [0, 0.1) is 11.3 Å². The average molecular weight is 360 g/mol. The van der Waals surface area contributed by atoms with Gasteiger partial charge in [-0.3, -0.25) is 9.59 Å². The molecule has 1 aromatic rings. The van der Waals surface area contributed by atoms with Crippen molar-refractivity contribution in [2.24, 2.45) is 11.3 Å². The van der Waals surface area contributed by atoms with Gasteiger partial charge in [-0.25, -0.2) is 0 Å². The molecule has 142 valence electrons. The fourth-order valence-electron chi connectivity index (χ4n) is 4.16. The molecule has 1 saturated heterocycles. The first-order valence-corrected chi connectivity index (χ1v) is 9.78. The van der Waals surface area contributed by atoms with Gasteiger partial charge >= 0.3 is 0 Å². The minimum atomic E-state index is -0.217. The first-order chi connectivity index (χ1) is 12.5. The first kappa shape index (κ1) is 17.6. The number of nitrogens with one attached hydrogen (secondary N) is 2. The van der Waals surface area contributed by atoms with Gasteiger partial charge in [0.15, 0.2) is 0 Å². The predicted molar refractivity (Wildman–Crippen MR) is 95.8 cm³/mol. The maximum atomic E-state index is 12.8. The van der Waals surface area contributed by atoms with E-state index in [1.165, 1.54) is 12.8 Å². The van der Waals surface area contributed by atoms with Crippen molar-refractivity contribution in [3.63, 3.8) is 0 Å². The Morgan fingerprint density at radius 2 is 1.92 bits per heavy atom. The molecule has 4 rings (SSSR count). The highest BCUT2D eigenvalue weighted by molar-refractivity contribution is 5.95. The van der Waals surface area contributed by atoms with E-state index in [-0.39, 0.29) is 35.2 Å². The summed E-state index contributed by atoms with van der Waals surface area (Å²) < 4.78 is 11.0. The summed E-state index contributed by atoms with van der Waals surface area (Å²) in [4.78, 5) is 25.5. The van der Waals surface area contributed by atoms with Crippen molar-refractivity contribution < 1.29 is 18.7 Å². The van der Waals surface area contributed by atoms with Crippen LogP contribution in [-0.4, -0.2) is 37.1 Å². The third-order valence-electron chi connectivity index (χ3n) is 6.05. The molecule has 3 fully saturated rings. The Kier molecular flexibility index (Phi) is 4.55. The molecule has 0 bridgehead atoms. The van der Waals surface area contributed by atoms with Gasteiger partial charge in [0.2, 0.25) is 5.91 Å². The Morgan fingerprint density at radius 3 is 2.58 bits per heavy atom. The largest absolute Gasteiger partial charge is 0.468 e. The van der Waals surface area contributed by atoms with Crippen molar-refractivity contribution >= 4 is 11.8 Å². The van der Waals surface area contributed by atoms with Crippen molar-refractivity contribution in [1.29, 1.82) is 0 Å². The second-order valence-corrected chi connectivity index (χ2v) is 8.31. The third-order valence-corrected chi connectivity index (χ3v) is 6.05. The molecule has 2 saturated carbocycles. The summed E-state index contributed by atoms with van der Waals surface area (Å²) in [5.74, 6) is 1.41. The van der Waals surface area contributed by atoms with E-state index >= 15 is 0 Å². The maximum absolute atomic E-state index is 12.8. The van der Waals surface area contributed by atoms with E-state index in [2.05, 4.69) is 10.6 Å². The third kappa shape index (κ3) is 3.27. The molecule has 0 unspecified atom stereocenters. The van der Waals surface area contributed by atoms with Crippen molar-refractivity contribution in [2.75, 3.05) is 13.2 Å². The van der Waals surface area contributed by atoms with Crippen LogP contribution in [0.3, 0.4) is 0 Å². The Hall–Kier alpha value is -1.82. The zero-order valence-corrected chi connectivity index (χ0v) is 15.5. The predicted octanol–water partition coefficient (Wildman–Crippen LogP) is 2.60. The highest BCUT2D eigenvalue weighted by Gasteiger charge is 2.59. The summed E-state index contributed by atoms with van der Waals surface area (Å²) >= 11 is 0. The minimum absolute atomic E-state index is 0.0779. The van der Waals surface area contributed by atoms with Gasteiger partial charge in [0, 0.05) is 12.5 Å². The molecule has 0 radical (unpaired) electrons. The number of carbonyl (C=O) groups is 2. The lowest BCUT2D eigenvalue weighted by Gasteiger charge is -2.34. The Bertz CT molecular complexity index is 688. The Morgan fingerprint density at radius 1 is 1.15 bits per heavy atom. The first-order valence-electron chi connectivity index (χ1n) is 9.78. The van der Waals surface area contributed by atoms with E-state index < -0.39 is 0 Å². The standard InChI is InChI=1S/C20H28N2O4/c1-12(2)17-14(5-10-26-17)18(23)21-16-11-25-9-6-15(16)22-19(24)20(7-8-20)13-3-4-13/h5,10,12-13,15-16H,3-4,6-9,11H2,1-2H3,(H,21,23)(H,22,24)/t15-,16+/m0/s1. The number of amides is 2. The van der Waals surface area contributed by atoms with Crippen LogP contribution in [0.15, 0.2) is 16.7 Å². The summed E-state index contributed by atoms with van der Waals surface area (Å²) in [5, 5.41) is 6.27. The van der Waals surface area contributed by atoms with Crippen LogP contribution in [0.2, 0.25) is 0 Å². The van der Waals surface area contributed by atoms with Crippen LogP contribution in [0.5, 0.6) is 0 Å². The van der Waals surface area contributed by atoms with Crippen molar-refractivity contribution in [3.05, 3.63) is 23.7 Å². The fraction of sp³-hybridized carbons (Fsp3) is 0.700. The van der Waals surface area contributed by atoms with Crippen molar-refractivity contribution in [2.45, 2.75) is 64.0 Å². The van der Waals surface area contributed by atoms with E-state index in [0.717, 1.165) is 19.3 Å². The number of carbonyl (C=O) groups excluding carboxylic acids is 2. The highest BCUT2D eigenvalue weighted by Crippen LogP contribution is 2.61. The lowest BCUT2D eigenvalue weighted by atomic mass is 9.96. The smallest absolute Gasteiger partial charge is 0.255 e. The molecule has 2 N–H and O–H groups in total. The number of rotatable bonds is 6. The number of hydrogen-bond acceptors (Lipinski definition) is 4. The number of hydrogen-bond donors (Lipinski definition) is 2. The molecule has 6 nitrogen and oxygen atoms in total. The number of furan rings is 1. The van der Waals surface area contributed by atoms with E-state index in [1.807, 2.05) is 13.8 Å². The molecule has 1 aliphatic heterocycles. The molecule has 0 aromatic carbocycles.